The van der Waals surface area contributed by atoms with Gasteiger partial charge in [-0.3, -0.25) is 14.7 Å². The number of fused-ring (bicyclic) bond motifs is 1. The maximum absolute atomic E-state index is 13.2. The Hall–Kier alpha value is -4.39. The molecule has 3 heterocycles. The number of nitrogens with one attached hydrogen (secondary N) is 5. The van der Waals surface area contributed by atoms with Crippen molar-refractivity contribution in [3.63, 3.8) is 0 Å². The summed E-state index contributed by atoms with van der Waals surface area (Å²) in [4.78, 5) is 36.7. The zero-order valence-corrected chi connectivity index (χ0v) is 26.1. The third-order valence-corrected chi connectivity index (χ3v) is 8.27. The number of imidazole rings is 1. The SMILES string of the molecule is O=C(NCc1ccc(Cl)c(Nc2nc3nc(OCC(F)F)c(C(=O)N[C@H]4CC[C@H](C(F)(F)F)CC4)cc3[nH]2)c1Cl)c1cc(C(F)(F)F)n[nH]1. The van der Waals surface area contributed by atoms with Gasteiger partial charge in [0.2, 0.25) is 11.8 Å². The summed E-state index contributed by atoms with van der Waals surface area (Å²) in [5.41, 5.74) is -1.57. The normalized spacial score (nSPS) is 17.0. The number of hydrogen-bond acceptors (Lipinski definition) is 7. The lowest BCUT2D eigenvalue weighted by atomic mass is 9.85. The van der Waals surface area contributed by atoms with Crippen LogP contribution >= 0.6 is 23.2 Å². The molecule has 5 N–H and O–H groups in total. The summed E-state index contributed by atoms with van der Waals surface area (Å²) in [7, 11) is 0. The second kappa shape index (κ2) is 14.2. The van der Waals surface area contributed by atoms with Crippen molar-refractivity contribution < 1.29 is 49.4 Å². The monoisotopic (exact) mass is 742 g/mol. The van der Waals surface area contributed by atoms with Gasteiger partial charge < -0.3 is 25.7 Å². The van der Waals surface area contributed by atoms with E-state index in [4.69, 9.17) is 27.9 Å². The molecule has 3 aromatic heterocycles. The van der Waals surface area contributed by atoms with E-state index in [-0.39, 0.29) is 76.2 Å². The van der Waals surface area contributed by atoms with Crippen LogP contribution in [-0.4, -0.2) is 62.2 Å². The van der Waals surface area contributed by atoms with Gasteiger partial charge >= 0.3 is 12.4 Å². The molecule has 1 aliphatic rings. The van der Waals surface area contributed by atoms with E-state index in [1.165, 1.54) is 18.2 Å². The Kier molecular flexibility index (Phi) is 10.4. The minimum absolute atomic E-state index is 0.0110. The van der Waals surface area contributed by atoms with Gasteiger partial charge in [-0.15, -0.1) is 0 Å². The first-order valence-electron chi connectivity index (χ1n) is 14.3. The van der Waals surface area contributed by atoms with E-state index < -0.39 is 66.4 Å². The number of carbonyl (C=O) groups is 2. The van der Waals surface area contributed by atoms with Crippen molar-refractivity contribution >= 4 is 57.8 Å². The van der Waals surface area contributed by atoms with Gasteiger partial charge in [0.1, 0.15) is 11.3 Å². The van der Waals surface area contributed by atoms with E-state index in [0.717, 1.165) is 0 Å². The highest BCUT2D eigenvalue weighted by Crippen LogP contribution is 2.38. The van der Waals surface area contributed by atoms with Gasteiger partial charge in [-0.1, -0.05) is 29.3 Å². The highest BCUT2D eigenvalue weighted by Gasteiger charge is 2.41. The van der Waals surface area contributed by atoms with Crippen LogP contribution in [0.4, 0.5) is 46.8 Å². The summed E-state index contributed by atoms with van der Waals surface area (Å²) in [6.45, 7) is -1.35. The van der Waals surface area contributed by atoms with Gasteiger partial charge in [-0.05, 0) is 43.4 Å². The number of rotatable bonds is 10. The van der Waals surface area contributed by atoms with Crippen LogP contribution in [-0.2, 0) is 12.7 Å². The topological polar surface area (TPSA) is 150 Å². The van der Waals surface area contributed by atoms with E-state index in [9.17, 15) is 44.7 Å². The van der Waals surface area contributed by atoms with Crippen molar-refractivity contribution in [3.05, 3.63) is 56.8 Å². The molecule has 1 saturated carbocycles. The van der Waals surface area contributed by atoms with E-state index >= 15 is 0 Å². The van der Waals surface area contributed by atoms with E-state index in [0.29, 0.717) is 6.07 Å². The Labute approximate surface area is 280 Å². The smallest absolute Gasteiger partial charge is 0.435 e. The summed E-state index contributed by atoms with van der Waals surface area (Å²) in [6, 6.07) is 4.05. The van der Waals surface area contributed by atoms with Crippen molar-refractivity contribution in [2.45, 2.75) is 57.0 Å². The number of benzene rings is 1. The fourth-order valence-electron chi connectivity index (χ4n) is 5.05. The molecule has 4 aromatic rings. The number of alkyl halides is 8. The predicted octanol–water partition coefficient (Wildman–Crippen LogP) is 7.18. The van der Waals surface area contributed by atoms with E-state index in [1.54, 1.807) is 0 Å². The zero-order chi connectivity index (χ0) is 35.7. The maximum atomic E-state index is 13.2. The van der Waals surface area contributed by atoms with E-state index in [1.807, 2.05) is 5.10 Å². The number of carbonyl (C=O) groups excluding carboxylic acids is 2. The van der Waals surface area contributed by atoms with E-state index in [2.05, 4.69) is 36.0 Å². The Bertz CT molecular complexity index is 1840. The van der Waals surface area contributed by atoms with Crippen molar-refractivity contribution in [3.8, 4) is 5.88 Å². The molecule has 0 radical (unpaired) electrons. The average molecular weight is 743 g/mol. The lowest BCUT2D eigenvalue weighted by Crippen LogP contribution is -2.40. The molecule has 0 atom stereocenters. The number of pyridine rings is 1. The Balaban J connectivity index is 1.33. The van der Waals surface area contributed by atoms with Crippen LogP contribution in [0.5, 0.6) is 5.88 Å². The fourth-order valence-corrected chi connectivity index (χ4v) is 5.58. The number of ether oxygens (including phenoxy) is 1. The number of H-pyrrole nitrogens is 2. The summed E-state index contributed by atoms with van der Waals surface area (Å²) in [5, 5.41) is 13.0. The highest BCUT2D eigenvalue weighted by molar-refractivity contribution is 6.39. The van der Waals surface area contributed by atoms with Gasteiger partial charge in [0.25, 0.3) is 18.2 Å². The lowest BCUT2D eigenvalue weighted by Gasteiger charge is -2.30. The molecule has 21 heteroatoms. The Morgan fingerprint density at radius 1 is 1.00 bits per heavy atom. The van der Waals surface area contributed by atoms with Crippen LogP contribution in [0.25, 0.3) is 11.2 Å². The summed E-state index contributed by atoms with van der Waals surface area (Å²) >= 11 is 12.8. The predicted molar refractivity (Wildman–Crippen MR) is 159 cm³/mol. The Morgan fingerprint density at radius 2 is 1.71 bits per heavy atom. The van der Waals surface area contributed by atoms with Crippen LogP contribution in [0.2, 0.25) is 10.0 Å². The lowest BCUT2D eigenvalue weighted by molar-refractivity contribution is -0.182. The molecule has 49 heavy (non-hydrogen) atoms. The van der Waals surface area contributed by atoms with Crippen LogP contribution in [0.1, 0.15) is 57.8 Å². The average Bonchev–Trinajstić information content (AvgIpc) is 3.68. The zero-order valence-electron chi connectivity index (χ0n) is 24.6. The minimum Gasteiger partial charge on any atom is -0.471 e. The van der Waals surface area contributed by atoms with Crippen molar-refractivity contribution in [1.29, 1.82) is 0 Å². The van der Waals surface area contributed by atoms with Gasteiger partial charge in [0, 0.05) is 18.7 Å². The largest absolute Gasteiger partial charge is 0.471 e. The van der Waals surface area contributed by atoms with Crippen LogP contribution in [0, 0.1) is 5.92 Å². The number of aromatic nitrogens is 5. The molecule has 0 spiro atoms. The molecule has 1 aromatic carbocycles. The van der Waals surface area contributed by atoms with Crippen LogP contribution in [0.3, 0.4) is 0 Å². The molecule has 1 aliphatic carbocycles. The van der Waals surface area contributed by atoms with Gasteiger partial charge in [0.15, 0.2) is 17.9 Å². The Morgan fingerprint density at radius 3 is 2.35 bits per heavy atom. The second-order valence-corrected chi connectivity index (χ2v) is 11.7. The van der Waals surface area contributed by atoms with Crippen molar-refractivity contribution in [2.24, 2.45) is 5.92 Å². The van der Waals surface area contributed by atoms with Gasteiger partial charge in [-0.25, -0.2) is 8.78 Å². The number of hydrogen-bond donors (Lipinski definition) is 5. The number of aromatic amines is 2. The summed E-state index contributed by atoms with van der Waals surface area (Å²) in [5.74, 6) is -3.69. The number of nitrogens with zero attached hydrogens (tertiary/aromatic N) is 3. The third-order valence-electron chi connectivity index (χ3n) is 7.52. The molecule has 1 fully saturated rings. The first kappa shape index (κ1) is 35.9. The quantitative estimate of drug-likeness (QED) is 0.108. The molecule has 264 valence electrons. The molecule has 0 aliphatic heterocycles. The number of amides is 2. The first-order chi connectivity index (χ1) is 23.0. The maximum Gasteiger partial charge on any atom is 0.435 e. The summed E-state index contributed by atoms with van der Waals surface area (Å²) in [6.07, 6.45) is -12.2. The van der Waals surface area contributed by atoms with Crippen molar-refractivity contribution in [1.82, 2.24) is 35.8 Å². The molecular weight excluding hydrogens is 719 g/mol. The fraction of sp³-hybridized carbons (Fsp3) is 0.393. The van der Waals surface area contributed by atoms with Gasteiger partial charge in [-0.2, -0.15) is 41.4 Å². The highest BCUT2D eigenvalue weighted by atomic mass is 35.5. The van der Waals surface area contributed by atoms with Crippen molar-refractivity contribution in [2.75, 3.05) is 11.9 Å². The molecule has 2 amide bonds. The van der Waals surface area contributed by atoms with Gasteiger partial charge in [0.05, 0.1) is 27.2 Å². The second-order valence-electron chi connectivity index (χ2n) is 10.9. The van der Waals surface area contributed by atoms with Crippen LogP contribution in [0.15, 0.2) is 24.3 Å². The molecule has 0 bridgehead atoms. The van der Waals surface area contributed by atoms with Crippen LogP contribution < -0.4 is 20.7 Å². The number of anilines is 2. The minimum atomic E-state index is -4.75. The molecule has 0 saturated heterocycles. The standard InChI is InChI=1S/C28H24Cl2F8N8O3/c29-15-6-1-11(9-39-24(48)17-8-18(46-45-17)28(36,37)38)20(30)21(15)42-26-41-16-7-14(25(43-22(16)44-26)49-10-19(31)32)23(47)40-13-4-2-12(3-5-13)27(33,34)35/h1,6-8,12-13,19H,2-5,9-10H2,(H,39,48)(H,40,47)(H,45,46)(H2,41,42,43,44)/t12-,13-. The summed E-state index contributed by atoms with van der Waals surface area (Å²) < 4.78 is 109. The molecule has 0 unspecified atom stereocenters. The first-order valence-corrected chi connectivity index (χ1v) is 15.1. The number of halogens is 10. The third kappa shape index (κ3) is 8.62. The molecular formula is C28H24Cl2F8N8O3. The molecule has 11 nitrogen and oxygen atoms in total. The molecule has 5 rings (SSSR count).